The molecule has 0 saturated carbocycles. The SMILES string of the molecule is CCC(C)[C@H](NC(=O)NCCC(=O)NC(C)C)C(=O)O. The summed E-state index contributed by atoms with van der Waals surface area (Å²) in [7, 11) is 0. The summed E-state index contributed by atoms with van der Waals surface area (Å²) in [5, 5.41) is 16.6. The Morgan fingerprint density at radius 2 is 1.70 bits per heavy atom. The summed E-state index contributed by atoms with van der Waals surface area (Å²) < 4.78 is 0. The number of aliphatic carboxylic acids is 1. The van der Waals surface area contributed by atoms with Crippen LogP contribution in [0.15, 0.2) is 0 Å². The van der Waals surface area contributed by atoms with Gasteiger partial charge in [0, 0.05) is 19.0 Å². The molecule has 0 spiro atoms. The van der Waals surface area contributed by atoms with E-state index in [2.05, 4.69) is 16.0 Å². The molecule has 0 fully saturated rings. The number of carbonyl (C=O) groups excluding carboxylic acids is 2. The van der Waals surface area contributed by atoms with Gasteiger partial charge in [-0.05, 0) is 19.8 Å². The number of nitrogens with one attached hydrogen (secondary N) is 3. The van der Waals surface area contributed by atoms with Gasteiger partial charge in [0.2, 0.25) is 5.91 Å². The van der Waals surface area contributed by atoms with Crippen LogP contribution >= 0.6 is 0 Å². The van der Waals surface area contributed by atoms with E-state index in [9.17, 15) is 14.4 Å². The van der Waals surface area contributed by atoms with Gasteiger partial charge in [0.05, 0.1) is 0 Å². The first-order chi connectivity index (χ1) is 9.27. The van der Waals surface area contributed by atoms with Crippen molar-refractivity contribution in [1.82, 2.24) is 16.0 Å². The van der Waals surface area contributed by atoms with E-state index in [4.69, 9.17) is 5.11 Å². The molecule has 0 radical (unpaired) electrons. The fourth-order valence-corrected chi connectivity index (χ4v) is 1.56. The second-order valence-corrected chi connectivity index (χ2v) is 5.07. The number of hydrogen-bond donors (Lipinski definition) is 4. The maximum Gasteiger partial charge on any atom is 0.326 e. The molecule has 0 aliphatic heterocycles. The number of hydrogen-bond acceptors (Lipinski definition) is 3. The molecular formula is C13H25N3O4. The third-order valence-electron chi connectivity index (χ3n) is 2.85. The van der Waals surface area contributed by atoms with Crippen molar-refractivity contribution in [3.05, 3.63) is 0 Å². The fraction of sp³-hybridized carbons (Fsp3) is 0.769. The average molecular weight is 287 g/mol. The van der Waals surface area contributed by atoms with Gasteiger partial charge in [0.1, 0.15) is 6.04 Å². The zero-order valence-electron chi connectivity index (χ0n) is 12.5. The summed E-state index contributed by atoms with van der Waals surface area (Å²) in [5.74, 6) is -1.38. The van der Waals surface area contributed by atoms with Gasteiger partial charge >= 0.3 is 12.0 Å². The van der Waals surface area contributed by atoms with Gasteiger partial charge in [0.15, 0.2) is 0 Å². The molecule has 4 N–H and O–H groups in total. The summed E-state index contributed by atoms with van der Waals surface area (Å²) in [6, 6.07) is -1.45. The highest BCUT2D eigenvalue weighted by molar-refractivity contribution is 5.83. The molecule has 0 heterocycles. The molecular weight excluding hydrogens is 262 g/mol. The maximum atomic E-state index is 11.6. The van der Waals surface area contributed by atoms with E-state index >= 15 is 0 Å². The zero-order chi connectivity index (χ0) is 15.7. The molecule has 7 heteroatoms. The van der Waals surface area contributed by atoms with Crippen molar-refractivity contribution < 1.29 is 19.5 Å². The first-order valence-electron chi connectivity index (χ1n) is 6.84. The molecule has 0 aromatic rings. The number of amides is 3. The molecule has 0 aromatic carbocycles. The minimum absolute atomic E-state index is 0.0538. The van der Waals surface area contributed by atoms with Crippen LogP contribution in [-0.2, 0) is 9.59 Å². The van der Waals surface area contributed by atoms with Gasteiger partial charge in [-0.2, -0.15) is 0 Å². The van der Waals surface area contributed by atoms with Crippen LogP contribution in [-0.4, -0.2) is 41.6 Å². The predicted octanol–water partition coefficient (Wildman–Crippen LogP) is 0.700. The zero-order valence-corrected chi connectivity index (χ0v) is 12.5. The second kappa shape index (κ2) is 9.17. The second-order valence-electron chi connectivity index (χ2n) is 5.07. The summed E-state index contributed by atoms with van der Waals surface area (Å²) >= 11 is 0. The highest BCUT2D eigenvalue weighted by atomic mass is 16.4. The van der Waals surface area contributed by atoms with Crippen molar-refractivity contribution in [1.29, 1.82) is 0 Å². The number of carboxylic acids is 1. The van der Waals surface area contributed by atoms with E-state index in [0.717, 1.165) is 0 Å². The molecule has 0 aromatic heterocycles. The molecule has 0 saturated heterocycles. The molecule has 1 unspecified atom stereocenters. The van der Waals surface area contributed by atoms with Gasteiger partial charge in [-0.3, -0.25) is 4.79 Å². The van der Waals surface area contributed by atoms with Crippen LogP contribution in [0.3, 0.4) is 0 Å². The largest absolute Gasteiger partial charge is 0.480 e. The Morgan fingerprint density at radius 3 is 2.15 bits per heavy atom. The highest BCUT2D eigenvalue weighted by Crippen LogP contribution is 2.07. The number of carboxylic acid groups (broad SMARTS) is 1. The Labute approximate surface area is 119 Å². The Balaban J connectivity index is 4.09. The highest BCUT2D eigenvalue weighted by Gasteiger charge is 2.25. The van der Waals surface area contributed by atoms with Crippen LogP contribution in [0, 0.1) is 5.92 Å². The first-order valence-corrected chi connectivity index (χ1v) is 6.84. The van der Waals surface area contributed by atoms with Crippen LogP contribution in [0.25, 0.3) is 0 Å². The average Bonchev–Trinajstić information content (AvgIpc) is 2.33. The Kier molecular flexibility index (Phi) is 8.35. The lowest BCUT2D eigenvalue weighted by Gasteiger charge is -2.20. The molecule has 0 aliphatic carbocycles. The van der Waals surface area contributed by atoms with Crippen molar-refractivity contribution >= 4 is 17.9 Å². The van der Waals surface area contributed by atoms with E-state index < -0.39 is 18.0 Å². The topological polar surface area (TPSA) is 108 Å². The fourth-order valence-electron chi connectivity index (χ4n) is 1.56. The number of urea groups is 1. The molecule has 20 heavy (non-hydrogen) atoms. The lowest BCUT2D eigenvalue weighted by molar-refractivity contribution is -0.140. The Morgan fingerprint density at radius 1 is 1.10 bits per heavy atom. The Hall–Kier alpha value is -1.79. The third kappa shape index (κ3) is 7.60. The predicted molar refractivity (Wildman–Crippen MR) is 75.3 cm³/mol. The van der Waals surface area contributed by atoms with Crippen molar-refractivity contribution in [2.45, 2.75) is 52.6 Å². The van der Waals surface area contributed by atoms with Crippen molar-refractivity contribution in [3.63, 3.8) is 0 Å². The molecule has 3 amide bonds. The summed E-state index contributed by atoms with van der Waals surface area (Å²) in [6.45, 7) is 7.48. The lowest BCUT2D eigenvalue weighted by atomic mass is 9.99. The lowest BCUT2D eigenvalue weighted by Crippen LogP contribution is -2.49. The third-order valence-corrected chi connectivity index (χ3v) is 2.85. The number of carbonyl (C=O) groups is 3. The van der Waals surface area contributed by atoms with Crippen LogP contribution in [0.5, 0.6) is 0 Å². The van der Waals surface area contributed by atoms with Gasteiger partial charge in [0.25, 0.3) is 0 Å². The molecule has 116 valence electrons. The standard InChI is InChI=1S/C13H25N3O4/c1-5-9(4)11(12(18)19)16-13(20)14-7-6-10(17)15-8(2)3/h8-9,11H,5-7H2,1-4H3,(H,15,17)(H,18,19)(H2,14,16,20)/t9?,11-/m0/s1. The summed E-state index contributed by atoms with van der Waals surface area (Å²) in [6.07, 6.45) is 0.806. The molecule has 0 bridgehead atoms. The summed E-state index contributed by atoms with van der Waals surface area (Å²) in [5.41, 5.74) is 0. The summed E-state index contributed by atoms with van der Waals surface area (Å²) in [4.78, 5) is 33.9. The minimum Gasteiger partial charge on any atom is -0.480 e. The quantitative estimate of drug-likeness (QED) is 0.527. The Bertz CT molecular complexity index is 345. The molecule has 2 atom stereocenters. The van der Waals surface area contributed by atoms with Crippen molar-refractivity contribution in [2.75, 3.05) is 6.54 Å². The maximum absolute atomic E-state index is 11.6. The number of rotatable bonds is 8. The molecule has 0 rings (SSSR count). The molecule has 7 nitrogen and oxygen atoms in total. The van der Waals surface area contributed by atoms with E-state index in [1.54, 1.807) is 6.92 Å². The van der Waals surface area contributed by atoms with Crippen LogP contribution in [0.1, 0.15) is 40.5 Å². The van der Waals surface area contributed by atoms with Crippen molar-refractivity contribution in [3.8, 4) is 0 Å². The van der Waals surface area contributed by atoms with Crippen LogP contribution < -0.4 is 16.0 Å². The van der Waals surface area contributed by atoms with Gasteiger partial charge in [-0.1, -0.05) is 20.3 Å². The van der Waals surface area contributed by atoms with E-state index in [-0.39, 0.29) is 30.8 Å². The van der Waals surface area contributed by atoms with Crippen LogP contribution in [0.4, 0.5) is 4.79 Å². The van der Waals surface area contributed by atoms with Crippen molar-refractivity contribution in [2.24, 2.45) is 5.92 Å². The van der Waals surface area contributed by atoms with E-state index in [1.165, 1.54) is 0 Å². The van der Waals surface area contributed by atoms with Gasteiger partial charge in [-0.15, -0.1) is 0 Å². The monoisotopic (exact) mass is 287 g/mol. The van der Waals surface area contributed by atoms with Crippen LogP contribution in [0.2, 0.25) is 0 Å². The van der Waals surface area contributed by atoms with E-state index in [0.29, 0.717) is 6.42 Å². The van der Waals surface area contributed by atoms with Gasteiger partial charge in [-0.25, -0.2) is 9.59 Å². The normalized spacial score (nSPS) is 13.4. The first kappa shape index (κ1) is 18.2. The minimum atomic E-state index is -1.06. The van der Waals surface area contributed by atoms with E-state index in [1.807, 2.05) is 20.8 Å². The van der Waals surface area contributed by atoms with Gasteiger partial charge < -0.3 is 21.1 Å². The molecule has 0 aliphatic rings. The smallest absolute Gasteiger partial charge is 0.326 e.